The Kier molecular flexibility index (Phi) is 3.87. The normalized spacial score (nSPS) is 10.7. The van der Waals surface area contributed by atoms with Crippen molar-refractivity contribution in [2.75, 3.05) is 5.32 Å². The number of aromatic nitrogens is 2. The van der Waals surface area contributed by atoms with Gasteiger partial charge in [-0.05, 0) is 12.1 Å². The van der Waals surface area contributed by atoms with Crippen molar-refractivity contribution in [1.29, 1.82) is 0 Å². The first-order chi connectivity index (χ1) is 12.2. The average Bonchev–Trinajstić information content (AvgIpc) is 2.99. The summed E-state index contributed by atoms with van der Waals surface area (Å²) in [6.07, 6.45) is 1.55. The van der Waals surface area contributed by atoms with Gasteiger partial charge in [0.15, 0.2) is 5.82 Å². The van der Waals surface area contributed by atoms with Gasteiger partial charge in [0.1, 0.15) is 15.5 Å². The van der Waals surface area contributed by atoms with Gasteiger partial charge >= 0.3 is 0 Å². The third kappa shape index (κ3) is 2.95. The first kappa shape index (κ1) is 15.3. The van der Waals surface area contributed by atoms with E-state index in [9.17, 15) is 9.90 Å². The lowest BCUT2D eigenvalue weighted by Gasteiger charge is -2.02. The van der Waals surface area contributed by atoms with Crippen molar-refractivity contribution in [3.8, 4) is 17.1 Å². The summed E-state index contributed by atoms with van der Waals surface area (Å²) in [5, 5.41) is 13.6. The molecular formula is C19H13N3O2S. The molecule has 0 fully saturated rings. The summed E-state index contributed by atoms with van der Waals surface area (Å²) in [4.78, 5) is 22.0. The molecule has 0 spiro atoms. The number of nitrogens with zero attached hydrogens (tertiary/aromatic N) is 2. The zero-order valence-electron chi connectivity index (χ0n) is 13.0. The summed E-state index contributed by atoms with van der Waals surface area (Å²) >= 11 is 1.15. The van der Waals surface area contributed by atoms with Gasteiger partial charge in [0.2, 0.25) is 0 Å². The predicted octanol–water partition coefficient (Wildman–Crippen LogP) is 4.32. The minimum absolute atomic E-state index is 0.0898. The molecule has 122 valence electrons. The third-order valence-electron chi connectivity index (χ3n) is 3.69. The summed E-state index contributed by atoms with van der Waals surface area (Å²) in [6, 6.07) is 18.7. The fourth-order valence-electron chi connectivity index (χ4n) is 2.46. The van der Waals surface area contributed by atoms with E-state index in [1.807, 2.05) is 48.5 Å². The summed E-state index contributed by atoms with van der Waals surface area (Å²) in [7, 11) is 0. The summed E-state index contributed by atoms with van der Waals surface area (Å²) < 4.78 is 0. The molecule has 0 saturated carbocycles. The number of aromatic hydroxyl groups is 1. The summed E-state index contributed by atoms with van der Waals surface area (Å²) in [5.74, 6) is 0.102. The van der Waals surface area contributed by atoms with Crippen LogP contribution in [0.5, 0.6) is 5.75 Å². The molecule has 6 heteroatoms. The SMILES string of the molecule is O=C(Nc1ccccc1)c1sc2nc(-c3ccccc3)ncc2c1O. The molecule has 0 bridgehead atoms. The zero-order chi connectivity index (χ0) is 17.2. The number of benzene rings is 2. The van der Waals surface area contributed by atoms with Crippen molar-refractivity contribution in [3.05, 3.63) is 71.7 Å². The van der Waals surface area contributed by atoms with Crippen LogP contribution in [0.25, 0.3) is 21.6 Å². The molecule has 1 amide bonds. The van der Waals surface area contributed by atoms with Gasteiger partial charge in [0.05, 0.1) is 5.39 Å². The van der Waals surface area contributed by atoms with Crippen molar-refractivity contribution >= 4 is 33.1 Å². The van der Waals surface area contributed by atoms with Crippen molar-refractivity contribution in [1.82, 2.24) is 9.97 Å². The Morgan fingerprint density at radius 1 is 1.00 bits per heavy atom. The van der Waals surface area contributed by atoms with Crippen molar-refractivity contribution in [3.63, 3.8) is 0 Å². The van der Waals surface area contributed by atoms with Crippen LogP contribution >= 0.6 is 11.3 Å². The highest BCUT2D eigenvalue weighted by Gasteiger charge is 2.20. The highest BCUT2D eigenvalue weighted by Crippen LogP contribution is 2.36. The van der Waals surface area contributed by atoms with Crippen molar-refractivity contribution in [2.45, 2.75) is 0 Å². The average molecular weight is 347 g/mol. The van der Waals surface area contributed by atoms with E-state index in [0.29, 0.717) is 21.7 Å². The molecule has 2 N–H and O–H groups in total. The Morgan fingerprint density at radius 3 is 2.40 bits per heavy atom. The van der Waals surface area contributed by atoms with Gasteiger partial charge in [-0.3, -0.25) is 4.79 Å². The van der Waals surface area contributed by atoms with Gasteiger partial charge in [0.25, 0.3) is 5.91 Å². The number of hydrogen-bond donors (Lipinski definition) is 2. The molecule has 5 nitrogen and oxygen atoms in total. The maximum atomic E-state index is 12.5. The van der Waals surface area contributed by atoms with Gasteiger partial charge in [-0.25, -0.2) is 9.97 Å². The van der Waals surface area contributed by atoms with E-state index in [2.05, 4.69) is 15.3 Å². The monoisotopic (exact) mass is 347 g/mol. The lowest BCUT2D eigenvalue weighted by Crippen LogP contribution is -2.10. The van der Waals surface area contributed by atoms with E-state index in [1.54, 1.807) is 18.3 Å². The number of rotatable bonds is 3. The van der Waals surface area contributed by atoms with Crippen LogP contribution in [0.2, 0.25) is 0 Å². The number of anilines is 1. The summed E-state index contributed by atoms with van der Waals surface area (Å²) in [6.45, 7) is 0. The van der Waals surface area contributed by atoms with E-state index < -0.39 is 0 Å². The van der Waals surface area contributed by atoms with Crippen LogP contribution in [0.4, 0.5) is 5.69 Å². The number of para-hydroxylation sites is 1. The van der Waals surface area contributed by atoms with Crippen molar-refractivity contribution < 1.29 is 9.90 Å². The molecule has 0 aliphatic carbocycles. The Balaban J connectivity index is 1.71. The predicted molar refractivity (Wildman–Crippen MR) is 98.9 cm³/mol. The third-order valence-corrected chi connectivity index (χ3v) is 4.78. The van der Waals surface area contributed by atoms with Gasteiger partial charge < -0.3 is 10.4 Å². The van der Waals surface area contributed by atoms with Crippen LogP contribution in [0.3, 0.4) is 0 Å². The number of nitrogens with one attached hydrogen (secondary N) is 1. The molecule has 0 aliphatic heterocycles. The molecule has 0 atom stereocenters. The van der Waals surface area contributed by atoms with Gasteiger partial charge in [-0.1, -0.05) is 48.5 Å². The molecule has 0 saturated heterocycles. The van der Waals surface area contributed by atoms with Crippen LogP contribution < -0.4 is 5.32 Å². The Hall–Kier alpha value is -3.25. The lowest BCUT2D eigenvalue weighted by atomic mass is 10.2. The van der Waals surface area contributed by atoms with E-state index in [0.717, 1.165) is 16.9 Å². The highest BCUT2D eigenvalue weighted by atomic mass is 32.1. The first-order valence-corrected chi connectivity index (χ1v) is 8.44. The van der Waals surface area contributed by atoms with E-state index in [-0.39, 0.29) is 16.5 Å². The second kappa shape index (κ2) is 6.33. The zero-order valence-corrected chi connectivity index (χ0v) is 13.8. The number of fused-ring (bicyclic) bond motifs is 1. The summed E-state index contributed by atoms with van der Waals surface area (Å²) in [5.41, 5.74) is 1.55. The van der Waals surface area contributed by atoms with E-state index in [4.69, 9.17) is 0 Å². The number of amides is 1. The topological polar surface area (TPSA) is 75.1 Å². The number of carbonyl (C=O) groups excluding carboxylic acids is 1. The van der Waals surface area contributed by atoms with E-state index >= 15 is 0 Å². The van der Waals surface area contributed by atoms with Crippen molar-refractivity contribution in [2.24, 2.45) is 0 Å². The molecule has 0 unspecified atom stereocenters. The Labute approximate surface area is 147 Å². The van der Waals surface area contributed by atoms with Crippen LogP contribution in [0.15, 0.2) is 66.9 Å². The maximum absolute atomic E-state index is 12.5. The van der Waals surface area contributed by atoms with Crippen LogP contribution in [-0.4, -0.2) is 21.0 Å². The second-order valence-corrected chi connectivity index (χ2v) is 6.38. The highest BCUT2D eigenvalue weighted by molar-refractivity contribution is 7.21. The molecule has 0 aliphatic rings. The van der Waals surface area contributed by atoms with Crippen LogP contribution in [0.1, 0.15) is 9.67 Å². The second-order valence-electron chi connectivity index (χ2n) is 5.38. The molecule has 4 aromatic rings. The molecule has 2 aromatic carbocycles. The molecule has 4 rings (SSSR count). The molecule has 2 aromatic heterocycles. The molecular weight excluding hydrogens is 334 g/mol. The fraction of sp³-hybridized carbons (Fsp3) is 0. The van der Waals surface area contributed by atoms with Crippen LogP contribution in [-0.2, 0) is 0 Å². The Morgan fingerprint density at radius 2 is 1.68 bits per heavy atom. The van der Waals surface area contributed by atoms with Gasteiger partial charge in [0, 0.05) is 17.4 Å². The minimum Gasteiger partial charge on any atom is -0.505 e. The number of hydrogen-bond acceptors (Lipinski definition) is 5. The number of carbonyl (C=O) groups is 1. The number of thiophene rings is 1. The molecule has 25 heavy (non-hydrogen) atoms. The maximum Gasteiger partial charge on any atom is 0.269 e. The quantitative estimate of drug-likeness (QED) is 0.579. The Bertz CT molecular complexity index is 1050. The van der Waals surface area contributed by atoms with Gasteiger partial charge in [-0.15, -0.1) is 11.3 Å². The lowest BCUT2D eigenvalue weighted by molar-refractivity contribution is 0.102. The minimum atomic E-state index is -0.368. The fourth-order valence-corrected chi connectivity index (χ4v) is 3.40. The molecule has 2 heterocycles. The van der Waals surface area contributed by atoms with Crippen LogP contribution in [0, 0.1) is 0 Å². The van der Waals surface area contributed by atoms with Gasteiger partial charge in [-0.2, -0.15) is 0 Å². The smallest absolute Gasteiger partial charge is 0.269 e. The first-order valence-electron chi connectivity index (χ1n) is 7.63. The van der Waals surface area contributed by atoms with E-state index in [1.165, 1.54) is 0 Å². The molecule has 0 radical (unpaired) electrons. The largest absolute Gasteiger partial charge is 0.505 e. The standard InChI is InChI=1S/C19H13N3O2S/c23-15-14-11-20-17(12-7-3-1-4-8-12)22-19(14)25-16(15)18(24)21-13-9-5-2-6-10-13/h1-11,23H,(H,21,24).